The van der Waals surface area contributed by atoms with Crippen molar-refractivity contribution in [2.24, 2.45) is 28.6 Å². The van der Waals surface area contributed by atoms with Crippen LogP contribution in [0.15, 0.2) is 55.3 Å². The second-order valence-corrected chi connectivity index (χ2v) is 20.4. The molecule has 1 N–H and O–H groups in total. The summed E-state index contributed by atoms with van der Waals surface area (Å²) in [5, 5.41) is 0.0556. The molecule has 4 aliphatic rings. The van der Waals surface area contributed by atoms with Crippen molar-refractivity contribution in [2.75, 3.05) is 26.7 Å². The van der Waals surface area contributed by atoms with Crippen molar-refractivity contribution >= 4 is 56.0 Å². The molecule has 4 fully saturated rings. The molecule has 4 heterocycles. The van der Waals surface area contributed by atoms with Gasteiger partial charge in [-0.15, -0.1) is 6.58 Å². The van der Waals surface area contributed by atoms with Crippen molar-refractivity contribution < 1.29 is 50.2 Å². The van der Waals surface area contributed by atoms with Gasteiger partial charge < -0.3 is 19.3 Å². The number of methoxy groups -OCH3 is 1. The molecule has 5 atom stereocenters. The van der Waals surface area contributed by atoms with Gasteiger partial charge >= 0.3 is 6.18 Å². The van der Waals surface area contributed by atoms with Crippen molar-refractivity contribution in [3.63, 3.8) is 0 Å². The van der Waals surface area contributed by atoms with Crippen LogP contribution in [0.2, 0.25) is 5.02 Å². The minimum atomic E-state index is -4.37. The number of alkyl halides is 3. The number of amides is 3. The molecular weight excluding hydrogens is 851 g/mol. The second kappa shape index (κ2) is 17.1. The highest BCUT2D eigenvalue weighted by Crippen LogP contribution is 2.57. The number of sulfonamides is 1. The molecule has 334 valence electrons. The van der Waals surface area contributed by atoms with Gasteiger partial charge in [0.15, 0.2) is 5.78 Å². The summed E-state index contributed by atoms with van der Waals surface area (Å²) in [7, 11) is -2.47. The van der Waals surface area contributed by atoms with Gasteiger partial charge in [-0.2, -0.15) is 13.2 Å². The number of allylic oxidation sites excluding steroid dienone is 1. The van der Waals surface area contributed by atoms with Crippen LogP contribution in [0.3, 0.4) is 0 Å². The number of fused-ring (bicyclic) bond motifs is 1. The molecular formula is C44H51ClF3N5O8S. The number of pyridine rings is 2. The summed E-state index contributed by atoms with van der Waals surface area (Å²) >= 11 is 6.78. The third-order valence-corrected chi connectivity index (χ3v) is 15.0. The summed E-state index contributed by atoms with van der Waals surface area (Å²) < 4.78 is 80.4. The van der Waals surface area contributed by atoms with Gasteiger partial charge in [-0.25, -0.2) is 13.4 Å². The number of halogens is 4. The predicted octanol–water partition coefficient (Wildman–Crippen LogP) is 6.92. The van der Waals surface area contributed by atoms with E-state index in [0.29, 0.717) is 46.6 Å². The molecule has 2 aliphatic carbocycles. The number of nitrogens with zero attached hydrogens (tertiary/aromatic N) is 4. The lowest BCUT2D eigenvalue weighted by molar-refractivity contribution is -0.186. The number of benzene rings is 1. The zero-order valence-electron chi connectivity index (χ0n) is 35.0. The third kappa shape index (κ3) is 9.29. The van der Waals surface area contributed by atoms with Crippen LogP contribution < -0.4 is 14.2 Å². The van der Waals surface area contributed by atoms with E-state index in [4.69, 9.17) is 26.1 Å². The molecule has 62 heavy (non-hydrogen) atoms. The SMILES string of the molecule is C=C[C@@H]1C[C@]1(CC(=O)[C@@H]1C[C@@H](Oc2cc(-c3ccccn3)nc3c(Cl)c(OC)ccc23)CN1C(=O)[C@@H](CC(=O)N1CCC(C(F)(F)F)CC1)C(C)(C)C)C(=O)NS(=O)(=O)C1CC1. The zero-order chi connectivity index (χ0) is 44.9. The van der Waals surface area contributed by atoms with E-state index < -0.39 is 85.7 Å². The van der Waals surface area contributed by atoms with Gasteiger partial charge in [0.25, 0.3) is 0 Å². The molecule has 13 nitrogen and oxygen atoms in total. The molecule has 0 unspecified atom stereocenters. The Morgan fingerprint density at radius 3 is 2.34 bits per heavy atom. The standard InChI is InChI=1S/C44H51ClF3N5O8S/c1-6-25-22-43(25,41(57)51-62(58,59)28-10-11-28)23-34(54)33-19-27(61-36-21-32(31-9-7-8-16-49-31)50-39-29(36)12-13-35(60-5)38(39)45)24-53(33)40(56)30(42(2,3)4)20-37(55)52-17-14-26(15-18-52)44(46,47)48/h6-9,12-13,16,21,25-28,30,33H,1,10-11,14-15,17-20,22-24H2,2-5H3,(H,51,57)/t25-,27-,30-,33+,43-/m1/s1. The molecule has 0 radical (unpaired) electrons. The van der Waals surface area contributed by atoms with E-state index in [0.717, 1.165) is 0 Å². The van der Waals surface area contributed by atoms with Crippen LogP contribution in [-0.4, -0.2) is 102 Å². The Balaban J connectivity index is 1.21. The lowest BCUT2D eigenvalue weighted by atomic mass is 9.77. The van der Waals surface area contributed by atoms with E-state index in [2.05, 4.69) is 16.3 Å². The molecule has 7 rings (SSSR count). The first-order valence-electron chi connectivity index (χ1n) is 20.8. The van der Waals surface area contributed by atoms with Crippen molar-refractivity contribution in [1.82, 2.24) is 24.5 Å². The van der Waals surface area contributed by atoms with Crippen molar-refractivity contribution in [1.29, 1.82) is 0 Å². The highest BCUT2D eigenvalue weighted by Gasteiger charge is 2.61. The Hall–Kier alpha value is -4.77. The molecule has 3 aromatic rings. The van der Waals surface area contributed by atoms with Gasteiger partial charge in [0.05, 0.1) is 59.1 Å². The van der Waals surface area contributed by atoms with Gasteiger partial charge in [-0.1, -0.05) is 44.5 Å². The number of hydrogen-bond donors (Lipinski definition) is 1. The van der Waals surface area contributed by atoms with Gasteiger partial charge in [0.2, 0.25) is 27.7 Å². The van der Waals surface area contributed by atoms with E-state index in [-0.39, 0.29) is 63.2 Å². The summed E-state index contributed by atoms with van der Waals surface area (Å²) in [6, 6.07) is 9.23. The average Bonchev–Trinajstić information content (AvgIpc) is 4.16. The van der Waals surface area contributed by atoms with Crippen LogP contribution in [0, 0.1) is 28.6 Å². The normalized spacial score (nSPS) is 23.8. The first-order valence-corrected chi connectivity index (χ1v) is 22.7. The molecule has 1 aromatic carbocycles. The molecule has 0 bridgehead atoms. The number of ketones is 1. The van der Waals surface area contributed by atoms with Crippen LogP contribution in [0.25, 0.3) is 22.3 Å². The topological polar surface area (TPSA) is 165 Å². The largest absolute Gasteiger partial charge is 0.495 e. The molecule has 0 spiro atoms. The Labute approximate surface area is 363 Å². The predicted molar refractivity (Wildman–Crippen MR) is 224 cm³/mol. The first kappa shape index (κ1) is 45.3. The van der Waals surface area contributed by atoms with Crippen LogP contribution in [0.5, 0.6) is 11.5 Å². The average molecular weight is 902 g/mol. The van der Waals surface area contributed by atoms with E-state index in [1.165, 1.54) is 23.0 Å². The van der Waals surface area contributed by atoms with E-state index in [9.17, 15) is 40.8 Å². The maximum Gasteiger partial charge on any atom is 0.391 e. The van der Waals surface area contributed by atoms with Crippen molar-refractivity contribution in [3.05, 3.63) is 60.3 Å². The van der Waals surface area contributed by atoms with Gasteiger partial charge in [0.1, 0.15) is 22.6 Å². The molecule has 18 heteroatoms. The zero-order valence-corrected chi connectivity index (χ0v) is 36.6. The number of aromatic nitrogens is 2. The first-order chi connectivity index (χ1) is 29.2. The summed E-state index contributed by atoms with van der Waals surface area (Å²) in [5.74, 6) is -4.61. The summed E-state index contributed by atoms with van der Waals surface area (Å²) in [6.07, 6.45) is -2.21. The lowest BCUT2D eigenvalue weighted by Crippen LogP contribution is -2.50. The number of likely N-dealkylation sites (tertiary alicyclic amines) is 2. The van der Waals surface area contributed by atoms with Crippen LogP contribution in [-0.2, 0) is 29.2 Å². The van der Waals surface area contributed by atoms with Gasteiger partial charge in [0, 0.05) is 50.0 Å². The number of hydrogen-bond acceptors (Lipinski definition) is 10. The number of ether oxygens (including phenoxy) is 2. The number of carbonyl (C=O) groups is 4. The number of carbonyl (C=O) groups excluding carboxylic acids is 4. The highest BCUT2D eigenvalue weighted by molar-refractivity contribution is 7.90. The van der Waals surface area contributed by atoms with Crippen molar-refractivity contribution in [3.8, 4) is 22.9 Å². The Morgan fingerprint density at radius 2 is 1.76 bits per heavy atom. The Morgan fingerprint density at radius 1 is 1.05 bits per heavy atom. The fourth-order valence-electron chi connectivity index (χ4n) is 8.75. The Bertz CT molecular complexity index is 2370. The fourth-order valence-corrected chi connectivity index (χ4v) is 10.4. The minimum absolute atomic E-state index is 0.0240. The molecule has 2 saturated carbocycles. The second-order valence-electron chi connectivity index (χ2n) is 18.0. The van der Waals surface area contributed by atoms with E-state index in [1.807, 2.05) is 0 Å². The fraction of sp³-hybridized carbons (Fsp3) is 0.545. The van der Waals surface area contributed by atoms with Crippen LogP contribution in [0.4, 0.5) is 13.2 Å². The Kier molecular flexibility index (Phi) is 12.5. The number of piperidine rings is 1. The molecule has 2 aliphatic heterocycles. The monoisotopic (exact) mass is 901 g/mol. The molecule has 2 aromatic heterocycles. The maximum absolute atomic E-state index is 15.0. The van der Waals surface area contributed by atoms with Crippen LogP contribution in [0.1, 0.15) is 72.1 Å². The minimum Gasteiger partial charge on any atom is -0.495 e. The molecule has 3 amide bonds. The highest BCUT2D eigenvalue weighted by atomic mass is 35.5. The van der Waals surface area contributed by atoms with Crippen molar-refractivity contribution in [2.45, 2.75) is 95.7 Å². The lowest BCUT2D eigenvalue weighted by Gasteiger charge is -2.37. The molecule has 2 saturated heterocycles. The quantitative estimate of drug-likeness (QED) is 0.168. The summed E-state index contributed by atoms with van der Waals surface area (Å²) in [6.45, 7) is 8.83. The number of nitrogens with one attached hydrogen (secondary N) is 1. The van der Waals surface area contributed by atoms with E-state index in [1.54, 1.807) is 63.4 Å². The summed E-state index contributed by atoms with van der Waals surface area (Å²) in [5.41, 5.74) is -0.952. The number of rotatable bonds is 14. The number of Topliss-reactive ketones (excluding diaryl/α,β-unsaturated/α-hetero) is 1. The van der Waals surface area contributed by atoms with Gasteiger partial charge in [-0.05, 0) is 67.7 Å². The van der Waals surface area contributed by atoms with E-state index >= 15 is 0 Å². The van der Waals surface area contributed by atoms with Crippen LogP contribution >= 0.6 is 11.6 Å². The summed E-state index contributed by atoms with van der Waals surface area (Å²) in [4.78, 5) is 69.1. The third-order valence-electron chi connectivity index (χ3n) is 12.8. The maximum atomic E-state index is 15.0. The smallest absolute Gasteiger partial charge is 0.391 e. The van der Waals surface area contributed by atoms with Gasteiger partial charge in [-0.3, -0.25) is 28.9 Å².